The van der Waals surface area contributed by atoms with Crippen LogP contribution in [0.5, 0.6) is 0 Å². The van der Waals surface area contributed by atoms with Crippen molar-refractivity contribution in [2.75, 3.05) is 0 Å². The van der Waals surface area contributed by atoms with Crippen molar-refractivity contribution in [2.24, 2.45) is 0 Å². The fourth-order valence-electron chi connectivity index (χ4n) is 2.36. The maximum Gasteiger partial charge on any atom is 0.251 e. The van der Waals surface area contributed by atoms with E-state index in [0.29, 0.717) is 23.4 Å². The number of thiazole rings is 1. The molecule has 0 saturated carbocycles. The molecule has 4 rings (SSSR count). The van der Waals surface area contributed by atoms with Crippen LogP contribution >= 0.6 is 11.3 Å². The molecule has 3 aromatic heterocycles. The van der Waals surface area contributed by atoms with Gasteiger partial charge in [0.15, 0.2) is 5.58 Å². The predicted octanol–water partition coefficient (Wildman–Crippen LogP) is 3.28. The maximum atomic E-state index is 12.3. The van der Waals surface area contributed by atoms with Crippen molar-refractivity contribution in [1.29, 1.82) is 0 Å². The molecule has 0 atom stereocenters. The lowest BCUT2D eigenvalue weighted by Gasteiger charge is -2.04. The van der Waals surface area contributed by atoms with E-state index in [1.807, 2.05) is 23.6 Å². The molecular weight excluding hydrogens is 324 g/mol. The van der Waals surface area contributed by atoms with Crippen LogP contribution in [0, 0.1) is 0 Å². The quantitative estimate of drug-likeness (QED) is 0.618. The van der Waals surface area contributed by atoms with Crippen LogP contribution in [0.1, 0.15) is 15.9 Å². The van der Waals surface area contributed by atoms with Crippen LogP contribution in [0.4, 0.5) is 0 Å². The Balaban J connectivity index is 1.56. The Hall–Kier alpha value is -3.06. The molecule has 1 amide bonds. The summed E-state index contributed by atoms with van der Waals surface area (Å²) in [7, 11) is 0. The number of carbonyl (C=O) groups excluding carboxylic acids is 1. The SMILES string of the molecule is O=C(NCc1cccnc1)c1ccc2c(-c3nccs3)noc2c1. The van der Waals surface area contributed by atoms with Crippen LogP contribution in [0.15, 0.2) is 58.8 Å². The van der Waals surface area contributed by atoms with Gasteiger partial charge in [-0.25, -0.2) is 4.98 Å². The van der Waals surface area contributed by atoms with Gasteiger partial charge in [-0.05, 0) is 29.8 Å². The molecule has 6 nitrogen and oxygen atoms in total. The van der Waals surface area contributed by atoms with Crippen molar-refractivity contribution in [3.8, 4) is 10.7 Å². The van der Waals surface area contributed by atoms with E-state index in [-0.39, 0.29) is 5.91 Å². The molecule has 118 valence electrons. The molecule has 1 aromatic carbocycles. The fourth-order valence-corrected chi connectivity index (χ4v) is 2.99. The Kier molecular flexibility index (Phi) is 3.76. The standard InChI is InChI=1S/C17H12N4O2S/c22-16(20-10-11-2-1-5-18-9-11)12-3-4-13-14(8-12)23-21-15(13)17-19-6-7-24-17/h1-9H,10H2,(H,20,22). The van der Waals surface area contributed by atoms with E-state index in [1.54, 1.807) is 30.7 Å². The molecule has 0 aliphatic heterocycles. The lowest BCUT2D eigenvalue weighted by atomic mass is 10.1. The van der Waals surface area contributed by atoms with Crippen molar-refractivity contribution in [3.05, 3.63) is 65.4 Å². The number of nitrogens with zero attached hydrogens (tertiary/aromatic N) is 3. The second-order valence-corrected chi connectivity index (χ2v) is 6.02. The summed E-state index contributed by atoms with van der Waals surface area (Å²) < 4.78 is 5.35. The number of hydrogen-bond acceptors (Lipinski definition) is 6. The van der Waals surface area contributed by atoms with Crippen molar-refractivity contribution >= 4 is 28.2 Å². The first kappa shape index (κ1) is 14.5. The third-order valence-corrected chi connectivity index (χ3v) is 4.32. The van der Waals surface area contributed by atoms with Gasteiger partial charge in [-0.2, -0.15) is 0 Å². The molecular formula is C17H12N4O2S. The summed E-state index contributed by atoms with van der Waals surface area (Å²) in [6.07, 6.45) is 5.14. The summed E-state index contributed by atoms with van der Waals surface area (Å²) in [4.78, 5) is 20.6. The number of pyridine rings is 1. The lowest BCUT2D eigenvalue weighted by Crippen LogP contribution is -2.22. The third-order valence-electron chi connectivity index (χ3n) is 3.54. The van der Waals surface area contributed by atoms with E-state index in [9.17, 15) is 4.79 Å². The second-order valence-electron chi connectivity index (χ2n) is 5.12. The second kappa shape index (κ2) is 6.21. The number of rotatable bonds is 4. The average Bonchev–Trinajstić information content (AvgIpc) is 3.29. The minimum Gasteiger partial charge on any atom is -0.356 e. The summed E-state index contributed by atoms with van der Waals surface area (Å²) in [5, 5.41) is 10.4. The number of benzene rings is 1. The monoisotopic (exact) mass is 336 g/mol. The third kappa shape index (κ3) is 2.77. The molecule has 0 unspecified atom stereocenters. The molecule has 0 fully saturated rings. The highest BCUT2D eigenvalue weighted by Crippen LogP contribution is 2.29. The molecule has 4 aromatic rings. The van der Waals surface area contributed by atoms with Gasteiger partial charge in [0.1, 0.15) is 10.7 Å². The Bertz CT molecular complexity index is 980. The smallest absolute Gasteiger partial charge is 0.251 e. The van der Waals surface area contributed by atoms with Gasteiger partial charge in [0.05, 0.1) is 5.39 Å². The number of fused-ring (bicyclic) bond motifs is 1. The number of amides is 1. The van der Waals surface area contributed by atoms with E-state index in [4.69, 9.17) is 4.52 Å². The largest absolute Gasteiger partial charge is 0.356 e. The number of carbonyl (C=O) groups is 1. The van der Waals surface area contributed by atoms with Crippen LogP contribution < -0.4 is 5.32 Å². The van der Waals surface area contributed by atoms with Crippen LogP contribution in [-0.2, 0) is 6.54 Å². The highest BCUT2D eigenvalue weighted by atomic mass is 32.1. The van der Waals surface area contributed by atoms with Crippen LogP contribution in [-0.4, -0.2) is 21.0 Å². The molecule has 0 aliphatic carbocycles. The molecule has 24 heavy (non-hydrogen) atoms. The zero-order valence-electron chi connectivity index (χ0n) is 12.5. The molecule has 0 aliphatic rings. The summed E-state index contributed by atoms with van der Waals surface area (Å²) in [6, 6.07) is 9.03. The van der Waals surface area contributed by atoms with E-state index >= 15 is 0 Å². The molecule has 0 bridgehead atoms. The van der Waals surface area contributed by atoms with Gasteiger partial charge < -0.3 is 9.84 Å². The van der Waals surface area contributed by atoms with Gasteiger partial charge in [0, 0.05) is 36.1 Å². The fraction of sp³-hybridized carbons (Fsp3) is 0.0588. The molecule has 1 N–H and O–H groups in total. The molecule has 0 radical (unpaired) electrons. The van der Waals surface area contributed by atoms with Gasteiger partial charge in [-0.3, -0.25) is 9.78 Å². The zero-order valence-corrected chi connectivity index (χ0v) is 13.3. The topological polar surface area (TPSA) is 80.9 Å². The Morgan fingerprint density at radius 1 is 1.25 bits per heavy atom. The number of nitrogens with one attached hydrogen (secondary N) is 1. The first-order valence-corrected chi connectivity index (χ1v) is 8.15. The van der Waals surface area contributed by atoms with Gasteiger partial charge in [0.25, 0.3) is 5.91 Å². The van der Waals surface area contributed by atoms with E-state index in [2.05, 4.69) is 20.4 Å². The van der Waals surface area contributed by atoms with E-state index < -0.39 is 0 Å². The van der Waals surface area contributed by atoms with Gasteiger partial charge in [0.2, 0.25) is 0 Å². The van der Waals surface area contributed by atoms with Gasteiger partial charge in [-0.1, -0.05) is 11.2 Å². The summed E-state index contributed by atoms with van der Waals surface area (Å²) >= 11 is 1.49. The normalized spacial score (nSPS) is 10.8. The molecule has 3 heterocycles. The Morgan fingerprint density at radius 3 is 3.00 bits per heavy atom. The summed E-state index contributed by atoms with van der Waals surface area (Å²) in [6.45, 7) is 0.422. The Labute approximate surface area is 141 Å². The van der Waals surface area contributed by atoms with Crippen molar-refractivity contribution in [1.82, 2.24) is 20.4 Å². The van der Waals surface area contributed by atoms with Crippen LogP contribution in [0.2, 0.25) is 0 Å². The van der Waals surface area contributed by atoms with Crippen molar-refractivity contribution in [2.45, 2.75) is 6.54 Å². The minimum absolute atomic E-state index is 0.173. The van der Waals surface area contributed by atoms with Crippen LogP contribution in [0.25, 0.3) is 21.7 Å². The van der Waals surface area contributed by atoms with Crippen molar-refractivity contribution in [3.63, 3.8) is 0 Å². The van der Waals surface area contributed by atoms with Crippen molar-refractivity contribution < 1.29 is 9.32 Å². The average molecular weight is 336 g/mol. The molecule has 7 heteroatoms. The predicted molar refractivity (Wildman–Crippen MR) is 90.5 cm³/mol. The zero-order chi connectivity index (χ0) is 16.4. The first-order valence-electron chi connectivity index (χ1n) is 7.27. The highest BCUT2D eigenvalue weighted by molar-refractivity contribution is 7.13. The minimum atomic E-state index is -0.173. The highest BCUT2D eigenvalue weighted by Gasteiger charge is 2.15. The van der Waals surface area contributed by atoms with E-state index in [1.165, 1.54) is 11.3 Å². The summed E-state index contributed by atoms with van der Waals surface area (Å²) in [5.41, 5.74) is 2.72. The Morgan fingerprint density at radius 2 is 2.21 bits per heavy atom. The first-order chi connectivity index (χ1) is 11.8. The van der Waals surface area contributed by atoms with E-state index in [0.717, 1.165) is 16.0 Å². The molecule has 0 saturated heterocycles. The van der Waals surface area contributed by atoms with Gasteiger partial charge >= 0.3 is 0 Å². The lowest BCUT2D eigenvalue weighted by molar-refractivity contribution is 0.0951. The summed E-state index contributed by atoms with van der Waals surface area (Å²) in [5.74, 6) is -0.173. The number of hydrogen-bond donors (Lipinski definition) is 1. The van der Waals surface area contributed by atoms with Crippen LogP contribution in [0.3, 0.4) is 0 Å². The number of aromatic nitrogens is 3. The maximum absolute atomic E-state index is 12.3. The van der Waals surface area contributed by atoms with Gasteiger partial charge in [-0.15, -0.1) is 11.3 Å². The molecule has 0 spiro atoms.